The number of hydrogen-bond donors (Lipinski definition) is 4. The van der Waals surface area contributed by atoms with Crippen LogP contribution < -0.4 is 5.32 Å². The van der Waals surface area contributed by atoms with Gasteiger partial charge in [-0.25, -0.2) is 0 Å². The number of nitrogens with one attached hydrogen (secondary N) is 1. The average Bonchev–Trinajstić information content (AvgIpc) is 2.88. The first-order valence-electron chi connectivity index (χ1n) is 16.3. The number of aliphatic hydroxyl groups is 2. The quantitative estimate of drug-likeness (QED) is 0.0539. The van der Waals surface area contributed by atoms with Crippen LogP contribution in [0.15, 0.2) is 0 Å². The van der Waals surface area contributed by atoms with E-state index in [1.165, 1.54) is 89.9 Å². The standard InChI is InChI=1S/C31H63NO6S/c1-3-5-7-9-11-13-14-15-16-18-19-21-23-25-29(33)28(27-39(36,37)38)32-31(35)30(34)26-24-22-20-17-12-10-8-6-4-2/h28-30,33-34H,3-27H2,1-2H3,(H,32,35)(H,36,37,38). The molecule has 234 valence electrons. The van der Waals surface area contributed by atoms with Crippen molar-refractivity contribution in [3.63, 3.8) is 0 Å². The number of hydrogen-bond acceptors (Lipinski definition) is 5. The van der Waals surface area contributed by atoms with E-state index in [1.807, 2.05) is 0 Å². The van der Waals surface area contributed by atoms with Crippen molar-refractivity contribution in [3.8, 4) is 0 Å². The summed E-state index contributed by atoms with van der Waals surface area (Å²) < 4.78 is 32.3. The molecular formula is C31H63NO6S. The Kier molecular flexibility index (Phi) is 25.7. The molecule has 0 spiro atoms. The van der Waals surface area contributed by atoms with Crippen LogP contribution in [0.4, 0.5) is 0 Å². The average molecular weight is 578 g/mol. The molecule has 4 N–H and O–H groups in total. The van der Waals surface area contributed by atoms with Gasteiger partial charge in [0.1, 0.15) is 6.10 Å². The molecule has 3 atom stereocenters. The third-order valence-electron chi connectivity index (χ3n) is 7.67. The first-order valence-corrected chi connectivity index (χ1v) is 17.9. The third kappa shape index (κ3) is 26.0. The number of carbonyl (C=O) groups is 1. The lowest BCUT2D eigenvalue weighted by atomic mass is 10.0. The lowest BCUT2D eigenvalue weighted by molar-refractivity contribution is -0.131. The molecule has 0 aliphatic heterocycles. The van der Waals surface area contributed by atoms with Crippen LogP contribution in [0.1, 0.15) is 168 Å². The maximum atomic E-state index is 12.5. The van der Waals surface area contributed by atoms with Crippen LogP contribution in [0.3, 0.4) is 0 Å². The molecular weight excluding hydrogens is 514 g/mol. The Bertz CT molecular complexity index is 657. The Labute approximate surface area is 241 Å². The van der Waals surface area contributed by atoms with Gasteiger partial charge in [-0.05, 0) is 12.8 Å². The highest BCUT2D eigenvalue weighted by Gasteiger charge is 2.28. The molecule has 0 aromatic carbocycles. The van der Waals surface area contributed by atoms with Gasteiger partial charge in [0.25, 0.3) is 10.1 Å². The van der Waals surface area contributed by atoms with Crippen LogP contribution >= 0.6 is 0 Å². The fourth-order valence-electron chi connectivity index (χ4n) is 5.11. The second-order valence-electron chi connectivity index (χ2n) is 11.6. The maximum absolute atomic E-state index is 12.5. The van der Waals surface area contributed by atoms with Crippen molar-refractivity contribution in [1.29, 1.82) is 0 Å². The molecule has 0 rings (SSSR count). The summed E-state index contributed by atoms with van der Waals surface area (Å²) in [5.74, 6) is -1.45. The number of aliphatic hydroxyl groups excluding tert-OH is 2. The Morgan fingerprint density at radius 2 is 0.923 bits per heavy atom. The van der Waals surface area contributed by atoms with E-state index in [1.54, 1.807) is 0 Å². The van der Waals surface area contributed by atoms with E-state index in [2.05, 4.69) is 19.2 Å². The van der Waals surface area contributed by atoms with Crippen LogP contribution in [0.5, 0.6) is 0 Å². The summed E-state index contributed by atoms with van der Waals surface area (Å²) >= 11 is 0. The van der Waals surface area contributed by atoms with Crippen LogP contribution in [0, 0.1) is 0 Å². The van der Waals surface area contributed by atoms with Gasteiger partial charge in [0.15, 0.2) is 0 Å². The Hall–Kier alpha value is -0.700. The minimum atomic E-state index is -4.39. The van der Waals surface area contributed by atoms with Gasteiger partial charge in [-0.3, -0.25) is 9.35 Å². The smallest absolute Gasteiger partial charge is 0.266 e. The molecule has 3 unspecified atom stereocenters. The first-order chi connectivity index (χ1) is 18.7. The lowest BCUT2D eigenvalue weighted by Crippen LogP contribution is -2.50. The fourth-order valence-corrected chi connectivity index (χ4v) is 5.87. The van der Waals surface area contributed by atoms with E-state index in [4.69, 9.17) is 0 Å². The van der Waals surface area contributed by atoms with Crippen molar-refractivity contribution in [2.75, 3.05) is 5.75 Å². The largest absolute Gasteiger partial charge is 0.391 e. The third-order valence-corrected chi connectivity index (χ3v) is 8.45. The first kappa shape index (κ1) is 38.3. The second-order valence-corrected chi connectivity index (χ2v) is 13.1. The monoisotopic (exact) mass is 577 g/mol. The van der Waals surface area contributed by atoms with Gasteiger partial charge in [0.05, 0.1) is 17.9 Å². The molecule has 7 nitrogen and oxygen atoms in total. The zero-order valence-electron chi connectivity index (χ0n) is 25.4. The van der Waals surface area contributed by atoms with Crippen LogP contribution in [-0.4, -0.2) is 53.1 Å². The maximum Gasteiger partial charge on any atom is 0.266 e. The minimum Gasteiger partial charge on any atom is -0.391 e. The van der Waals surface area contributed by atoms with Crippen molar-refractivity contribution in [3.05, 3.63) is 0 Å². The second kappa shape index (κ2) is 26.2. The van der Waals surface area contributed by atoms with Crippen LogP contribution in [0.2, 0.25) is 0 Å². The zero-order chi connectivity index (χ0) is 29.2. The Morgan fingerprint density at radius 1 is 0.590 bits per heavy atom. The summed E-state index contributed by atoms with van der Waals surface area (Å²) in [4.78, 5) is 12.5. The normalized spacial score (nSPS) is 14.3. The van der Waals surface area contributed by atoms with Gasteiger partial charge in [0.2, 0.25) is 5.91 Å². The van der Waals surface area contributed by atoms with Gasteiger partial charge in [-0.15, -0.1) is 0 Å². The van der Waals surface area contributed by atoms with Crippen molar-refractivity contribution in [1.82, 2.24) is 5.32 Å². The SMILES string of the molecule is CCCCCCCCCCCCCCCC(O)C(CS(=O)(=O)O)NC(=O)C(O)CCCCCCCCCCC. The number of unbranched alkanes of at least 4 members (excludes halogenated alkanes) is 20. The molecule has 0 aromatic heterocycles. The van der Waals surface area contributed by atoms with E-state index < -0.39 is 40.0 Å². The highest BCUT2D eigenvalue weighted by molar-refractivity contribution is 7.85. The topological polar surface area (TPSA) is 124 Å². The summed E-state index contributed by atoms with van der Waals surface area (Å²) in [6.45, 7) is 4.44. The molecule has 0 saturated heterocycles. The van der Waals surface area contributed by atoms with Crippen molar-refractivity contribution in [2.45, 2.75) is 186 Å². The highest BCUT2D eigenvalue weighted by Crippen LogP contribution is 2.15. The summed E-state index contributed by atoms with van der Waals surface area (Å²) in [7, 11) is -4.39. The Morgan fingerprint density at radius 3 is 1.28 bits per heavy atom. The van der Waals surface area contributed by atoms with Crippen molar-refractivity contribution >= 4 is 16.0 Å². The lowest BCUT2D eigenvalue weighted by Gasteiger charge is -2.24. The molecule has 8 heteroatoms. The molecule has 0 radical (unpaired) electrons. The summed E-state index contributed by atoms with van der Waals surface area (Å²) in [6.07, 6.45) is 24.1. The zero-order valence-corrected chi connectivity index (χ0v) is 26.2. The molecule has 0 bridgehead atoms. The van der Waals surface area contributed by atoms with Crippen LogP contribution in [0.25, 0.3) is 0 Å². The Balaban J connectivity index is 4.12. The summed E-state index contributed by atoms with van der Waals surface area (Å²) in [6, 6.07) is -1.14. The van der Waals surface area contributed by atoms with Gasteiger partial charge in [-0.2, -0.15) is 8.42 Å². The van der Waals surface area contributed by atoms with Crippen molar-refractivity contribution < 1.29 is 28.0 Å². The molecule has 39 heavy (non-hydrogen) atoms. The molecule has 1 amide bonds. The van der Waals surface area contributed by atoms with Crippen molar-refractivity contribution in [2.24, 2.45) is 0 Å². The van der Waals surface area contributed by atoms with E-state index in [9.17, 15) is 28.0 Å². The molecule has 0 aliphatic rings. The van der Waals surface area contributed by atoms with E-state index in [0.29, 0.717) is 19.3 Å². The van der Waals surface area contributed by atoms with E-state index >= 15 is 0 Å². The number of amides is 1. The van der Waals surface area contributed by atoms with Gasteiger partial charge in [-0.1, -0.05) is 155 Å². The summed E-state index contributed by atoms with van der Waals surface area (Å²) in [5.41, 5.74) is 0. The van der Waals surface area contributed by atoms with Gasteiger partial charge in [0, 0.05) is 0 Å². The predicted molar refractivity (Wildman–Crippen MR) is 163 cm³/mol. The van der Waals surface area contributed by atoms with E-state index in [0.717, 1.165) is 44.9 Å². The molecule has 0 saturated carbocycles. The molecule has 0 aliphatic carbocycles. The summed E-state index contributed by atoms with van der Waals surface area (Å²) in [5, 5.41) is 23.3. The van der Waals surface area contributed by atoms with Crippen LogP contribution in [-0.2, 0) is 14.9 Å². The van der Waals surface area contributed by atoms with E-state index in [-0.39, 0.29) is 0 Å². The fraction of sp³-hybridized carbons (Fsp3) is 0.968. The molecule has 0 aromatic rings. The molecule has 0 fully saturated rings. The molecule has 0 heterocycles. The van der Waals surface area contributed by atoms with Gasteiger partial charge >= 0.3 is 0 Å². The van der Waals surface area contributed by atoms with Gasteiger partial charge < -0.3 is 15.5 Å². The highest BCUT2D eigenvalue weighted by atomic mass is 32.2. The minimum absolute atomic E-state index is 0.301. The predicted octanol–water partition coefficient (Wildman–Crippen LogP) is 7.48. The number of rotatable bonds is 29. The number of carbonyl (C=O) groups excluding carboxylic acids is 1.